The highest BCUT2D eigenvalue weighted by atomic mass is 79.9. The fraction of sp³-hybridized carbons (Fsp3) is 0.214. The van der Waals surface area contributed by atoms with Crippen molar-refractivity contribution in [2.75, 3.05) is 11.9 Å². The number of hydrogen-bond acceptors (Lipinski definition) is 2. The van der Waals surface area contributed by atoms with E-state index in [0.29, 0.717) is 0 Å². The second-order valence-corrected chi connectivity index (χ2v) is 5.06. The maximum Gasteiger partial charge on any atom is 0.135 e. The molecule has 0 unspecified atom stereocenters. The van der Waals surface area contributed by atoms with Crippen LogP contribution in [0.5, 0.6) is 0 Å². The summed E-state index contributed by atoms with van der Waals surface area (Å²) in [5.41, 5.74) is 3.59. The van der Waals surface area contributed by atoms with Crippen LogP contribution in [0.4, 0.5) is 11.5 Å². The monoisotopic (exact) mass is 290 g/mol. The summed E-state index contributed by atoms with van der Waals surface area (Å²) in [5, 5.41) is 0. The van der Waals surface area contributed by atoms with Crippen LogP contribution in [0.25, 0.3) is 0 Å². The summed E-state index contributed by atoms with van der Waals surface area (Å²) in [6, 6.07) is 10.4. The van der Waals surface area contributed by atoms with Crippen LogP contribution in [0, 0.1) is 13.8 Å². The Balaban J connectivity index is 2.44. The number of benzene rings is 1. The van der Waals surface area contributed by atoms with Gasteiger partial charge in [0.2, 0.25) is 0 Å². The third-order valence-corrected chi connectivity index (χ3v) is 3.25. The molecule has 2 rings (SSSR count). The SMILES string of the molecule is Cc1ccccc1N(C)c1ncc(Br)cc1C. The van der Waals surface area contributed by atoms with E-state index in [-0.39, 0.29) is 0 Å². The Morgan fingerprint density at radius 2 is 1.82 bits per heavy atom. The zero-order valence-corrected chi connectivity index (χ0v) is 11.8. The standard InChI is InChI=1S/C14H15BrN2/c1-10-6-4-5-7-13(10)17(3)14-11(2)8-12(15)9-16-14/h4-9H,1-3H3. The summed E-state index contributed by atoms with van der Waals surface area (Å²) in [6.07, 6.45) is 1.83. The van der Waals surface area contributed by atoms with Gasteiger partial charge in [-0.2, -0.15) is 0 Å². The van der Waals surface area contributed by atoms with Crippen LogP contribution >= 0.6 is 15.9 Å². The highest BCUT2D eigenvalue weighted by Crippen LogP contribution is 2.28. The van der Waals surface area contributed by atoms with Gasteiger partial charge in [0.05, 0.1) is 0 Å². The van der Waals surface area contributed by atoms with Crippen molar-refractivity contribution in [1.82, 2.24) is 4.98 Å². The van der Waals surface area contributed by atoms with Gasteiger partial charge in [0.15, 0.2) is 0 Å². The van der Waals surface area contributed by atoms with Crippen molar-refractivity contribution in [2.45, 2.75) is 13.8 Å². The fourth-order valence-corrected chi connectivity index (χ4v) is 2.38. The van der Waals surface area contributed by atoms with Crippen LogP contribution in [0.15, 0.2) is 41.0 Å². The van der Waals surface area contributed by atoms with Crippen molar-refractivity contribution in [1.29, 1.82) is 0 Å². The summed E-state index contributed by atoms with van der Waals surface area (Å²) in [4.78, 5) is 6.60. The molecule has 1 aromatic carbocycles. The number of nitrogens with zero attached hydrogens (tertiary/aromatic N) is 2. The lowest BCUT2D eigenvalue weighted by Crippen LogP contribution is -2.13. The quantitative estimate of drug-likeness (QED) is 0.823. The van der Waals surface area contributed by atoms with Gasteiger partial charge in [-0.1, -0.05) is 18.2 Å². The van der Waals surface area contributed by atoms with Gasteiger partial charge in [-0.3, -0.25) is 0 Å². The Labute approximate surface area is 110 Å². The molecule has 3 heteroatoms. The molecule has 0 amide bonds. The van der Waals surface area contributed by atoms with Crippen molar-refractivity contribution in [3.05, 3.63) is 52.1 Å². The minimum atomic E-state index is 0.988. The van der Waals surface area contributed by atoms with Crippen LogP contribution in [-0.2, 0) is 0 Å². The van der Waals surface area contributed by atoms with Crippen molar-refractivity contribution >= 4 is 27.4 Å². The third-order valence-electron chi connectivity index (χ3n) is 2.81. The minimum absolute atomic E-state index is 0.988. The molecule has 2 aromatic rings. The Kier molecular flexibility index (Phi) is 3.48. The topological polar surface area (TPSA) is 16.1 Å². The molecule has 0 saturated heterocycles. The molecule has 1 aromatic heterocycles. The molecule has 0 atom stereocenters. The fourth-order valence-electron chi connectivity index (χ4n) is 1.94. The molecule has 0 aliphatic rings. The molecule has 88 valence electrons. The van der Waals surface area contributed by atoms with E-state index >= 15 is 0 Å². The second kappa shape index (κ2) is 4.88. The van der Waals surface area contributed by atoms with Gasteiger partial charge in [-0.25, -0.2) is 4.98 Å². The first-order chi connectivity index (χ1) is 8.09. The van der Waals surface area contributed by atoms with Crippen LogP contribution in [0.1, 0.15) is 11.1 Å². The Morgan fingerprint density at radius 1 is 1.12 bits per heavy atom. The zero-order chi connectivity index (χ0) is 12.4. The van der Waals surface area contributed by atoms with Crippen LogP contribution in [0.3, 0.4) is 0 Å². The Bertz CT molecular complexity index is 537. The van der Waals surface area contributed by atoms with E-state index in [0.717, 1.165) is 15.9 Å². The van der Waals surface area contributed by atoms with Gasteiger partial charge in [0, 0.05) is 23.4 Å². The summed E-state index contributed by atoms with van der Waals surface area (Å²) in [5.74, 6) is 0.988. The van der Waals surface area contributed by atoms with E-state index in [2.05, 4.69) is 63.9 Å². The number of aromatic nitrogens is 1. The molecule has 2 nitrogen and oxygen atoms in total. The Morgan fingerprint density at radius 3 is 2.47 bits per heavy atom. The molecule has 0 saturated carbocycles. The number of anilines is 2. The number of hydrogen-bond donors (Lipinski definition) is 0. The first-order valence-electron chi connectivity index (χ1n) is 5.51. The number of rotatable bonds is 2. The van der Waals surface area contributed by atoms with Crippen molar-refractivity contribution < 1.29 is 0 Å². The normalized spacial score (nSPS) is 10.4. The highest BCUT2D eigenvalue weighted by Gasteiger charge is 2.10. The number of aryl methyl sites for hydroxylation is 2. The molecular formula is C14H15BrN2. The lowest BCUT2D eigenvalue weighted by atomic mass is 10.1. The van der Waals surface area contributed by atoms with Crippen molar-refractivity contribution in [2.24, 2.45) is 0 Å². The molecular weight excluding hydrogens is 276 g/mol. The predicted molar refractivity (Wildman–Crippen MR) is 75.9 cm³/mol. The number of para-hydroxylation sites is 1. The molecule has 17 heavy (non-hydrogen) atoms. The summed E-state index contributed by atoms with van der Waals surface area (Å²) >= 11 is 3.44. The van der Waals surface area contributed by atoms with Gasteiger partial charge in [-0.05, 0) is 53.0 Å². The lowest BCUT2D eigenvalue weighted by molar-refractivity contribution is 1.09. The van der Waals surface area contributed by atoms with Crippen molar-refractivity contribution in [3.8, 4) is 0 Å². The largest absolute Gasteiger partial charge is 0.329 e. The van der Waals surface area contributed by atoms with Gasteiger partial charge >= 0.3 is 0 Å². The number of pyridine rings is 1. The van der Waals surface area contributed by atoms with Gasteiger partial charge in [-0.15, -0.1) is 0 Å². The zero-order valence-electron chi connectivity index (χ0n) is 10.2. The van der Waals surface area contributed by atoms with Gasteiger partial charge in [0.1, 0.15) is 5.82 Å². The third kappa shape index (κ3) is 2.50. The van der Waals surface area contributed by atoms with E-state index in [4.69, 9.17) is 0 Å². The maximum atomic E-state index is 4.47. The minimum Gasteiger partial charge on any atom is -0.329 e. The van der Waals surface area contributed by atoms with Crippen LogP contribution in [-0.4, -0.2) is 12.0 Å². The second-order valence-electron chi connectivity index (χ2n) is 4.14. The summed E-state index contributed by atoms with van der Waals surface area (Å²) in [6.45, 7) is 4.18. The van der Waals surface area contributed by atoms with E-state index in [1.165, 1.54) is 11.3 Å². The molecule has 0 bridgehead atoms. The highest BCUT2D eigenvalue weighted by molar-refractivity contribution is 9.10. The predicted octanol–water partition coefficient (Wildman–Crippen LogP) is 4.23. The van der Waals surface area contributed by atoms with Gasteiger partial charge < -0.3 is 4.90 Å². The number of halogens is 1. The van der Waals surface area contributed by atoms with E-state index < -0.39 is 0 Å². The first-order valence-corrected chi connectivity index (χ1v) is 6.30. The van der Waals surface area contributed by atoms with E-state index in [1.807, 2.05) is 19.3 Å². The van der Waals surface area contributed by atoms with E-state index in [9.17, 15) is 0 Å². The van der Waals surface area contributed by atoms with Crippen LogP contribution < -0.4 is 4.90 Å². The molecule has 0 N–H and O–H groups in total. The Hall–Kier alpha value is -1.35. The molecule has 0 aliphatic heterocycles. The van der Waals surface area contributed by atoms with Crippen LogP contribution in [0.2, 0.25) is 0 Å². The average molecular weight is 291 g/mol. The average Bonchev–Trinajstić information content (AvgIpc) is 2.29. The summed E-state index contributed by atoms with van der Waals surface area (Å²) in [7, 11) is 2.05. The molecule has 0 spiro atoms. The smallest absolute Gasteiger partial charge is 0.135 e. The maximum absolute atomic E-state index is 4.47. The summed E-state index contributed by atoms with van der Waals surface area (Å²) < 4.78 is 1.01. The first kappa shape index (κ1) is 12.1. The van der Waals surface area contributed by atoms with Crippen molar-refractivity contribution in [3.63, 3.8) is 0 Å². The molecule has 1 heterocycles. The van der Waals surface area contributed by atoms with Gasteiger partial charge in [0.25, 0.3) is 0 Å². The molecule has 0 fully saturated rings. The molecule has 0 radical (unpaired) electrons. The van der Waals surface area contributed by atoms with E-state index in [1.54, 1.807) is 0 Å². The molecule has 0 aliphatic carbocycles. The lowest BCUT2D eigenvalue weighted by Gasteiger charge is -2.22.